The van der Waals surface area contributed by atoms with Gasteiger partial charge in [-0.3, -0.25) is 0 Å². The molecule has 0 aliphatic heterocycles. The van der Waals surface area contributed by atoms with Crippen molar-refractivity contribution >= 4 is 5.97 Å². The van der Waals surface area contributed by atoms with Crippen molar-refractivity contribution in [1.29, 1.82) is 0 Å². The zero-order valence-electron chi connectivity index (χ0n) is 9.61. The van der Waals surface area contributed by atoms with Gasteiger partial charge >= 0.3 is 5.97 Å². The molecular formula is C13H16O4. The van der Waals surface area contributed by atoms with Crippen LogP contribution in [0.5, 0.6) is 0 Å². The van der Waals surface area contributed by atoms with Gasteiger partial charge < -0.3 is 14.9 Å². The molecule has 0 saturated carbocycles. The number of aliphatic carboxylic acids is 1. The minimum absolute atomic E-state index is 0.334. The van der Waals surface area contributed by atoms with Crippen LogP contribution in [0.25, 0.3) is 0 Å². The van der Waals surface area contributed by atoms with Gasteiger partial charge in [-0.05, 0) is 18.6 Å². The maximum Gasteiger partial charge on any atom is 0.328 e. The molecule has 2 N–H and O–H groups in total. The van der Waals surface area contributed by atoms with Gasteiger partial charge in [-0.2, -0.15) is 0 Å². The first-order valence-corrected chi connectivity index (χ1v) is 5.34. The van der Waals surface area contributed by atoms with Crippen LogP contribution in [0.1, 0.15) is 12.5 Å². The fraction of sp³-hybridized carbons (Fsp3) is 0.308. The molecule has 0 saturated heterocycles. The molecule has 0 unspecified atom stereocenters. The maximum atomic E-state index is 10.4. The van der Waals surface area contributed by atoms with Gasteiger partial charge in [0.1, 0.15) is 6.10 Å². The van der Waals surface area contributed by atoms with E-state index >= 15 is 0 Å². The first-order valence-electron chi connectivity index (χ1n) is 5.34. The molecule has 4 nitrogen and oxygen atoms in total. The number of aliphatic hydroxyl groups is 1. The van der Waals surface area contributed by atoms with E-state index in [1.165, 1.54) is 6.08 Å². The lowest BCUT2D eigenvalue weighted by atomic mass is 10.2. The van der Waals surface area contributed by atoms with Gasteiger partial charge in [-0.15, -0.1) is 0 Å². The van der Waals surface area contributed by atoms with E-state index in [2.05, 4.69) is 0 Å². The Labute approximate surface area is 100 Å². The highest BCUT2D eigenvalue weighted by molar-refractivity contribution is 5.79. The van der Waals surface area contributed by atoms with Gasteiger partial charge in [0.05, 0.1) is 12.7 Å². The van der Waals surface area contributed by atoms with E-state index < -0.39 is 18.2 Å². The van der Waals surface area contributed by atoms with E-state index in [4.69, 9.17) is 9.84 Å². The van der Waals surface area contributed by atoms with Crippen molar-refractivity contribution in [3.8, 4) is 0 Å². The van der Waals surface area contributed by atoms with Crippen molar-refractivity contribution in [2.75, 3.05) is 0 Å². The normalized spacial score (nSPS) is 14.7. The summed E-state index contributed by atoms with van der Waals surface area (Å²) in [7, 11) is 0. The predicted molar refractivity (Wildman–Crippen MR) is 63.5 cm³/mol. The third-order valence-corrected chi connectivity index (χ3v) is 2.19. The van der Waals surface area contributed by atoms with E-state index in [9.17, 15) is 9.90 Å². The molecule has 1 aromatic carbocycles. The van der Waals surface area contributed by atoms with Gasteiger partial charge in [0.2, 0.25) is 0 Å². The number of carbonyl (C=O) groups is 1. The lowest BCUT2D eigenvalue weighted by molar-refractivity contribution is -0.131. The standard InChI is InChI=1S/C13H16O4/c1-10(14)12(7-8-13(15)16)17-9-11-5-3-2-4-6-11/h2-8,10,12,14H,9H2,1H3,(H,15,16)/b8-7+/t10-,12+/m0/s1. The number of hydrogen-bond acceptors (Lipinski definition) is 3. The van der Waals surface area contributed by atoms with Gasteiger partial charge in [0.25, 0.3) is 0 Å². The zero-order valence-corrected chi connectivity index (χ0v) is 9.61. The van der Waals surface area contributed by atoms with Gasteiger partial charge in [-0.1, -0.05) is 30.3 Å². The van der Waals surface area contributed by atoms with Crippen LogP contribution in [0.15, 0.2) is 42.5 Å². The van der Waals surface area contributed by atoms with Crippen LogP contribution in [-0.2, 0) is 16.1 Å². The summed E-state index contributed by atoms with van der Waals surface area (Å²) >= 11 is 0. The lowest BCUT2D eigenvalue weighted by Crippen LogP contribution is -2.24. The van der Waals surface area contributed by atoms with Crippen LogP contribution in [0.4, 0.5) is 0 Å². The van der Waals surface area contributed by atoms with Crippen LogP contribution in [0.3, 0.4) is 0 Å². The molecule has 1 rings (SSSR count). The molecule has 0 aromatic heterocycles. The maximum absolute atomic E-state index is 10.4. The average molecular weight is 236 g/mol. The summed E-state index contributed by atoms with van der Waals surface area (Å²) in [4.78, 5) is 10.4. The van der Waals surface area contributed by atoms with Gasteiger partial charge in [0, 0.05) is 6.08 Å². The van der Waals surface area contributed by atoms with Crippen LogP contribution < -0.4 is 0 Å². The molecule has 1 aromatic rings. The minimum atomic E-state index is -1.06. The molecular weight excluding hydrogens is 220 g/mol. The van der Waals surface area contributed by atoms with Gasteiger partial charge in [-0.25, -0.2) is 4.79 Å². The molecule has 4 heteroatoms. The summed E-state index contributed by atoms with van der Waals surface area (Å²) < 4.78 is 5.44. The summed E-state index contributed by atoms with van der Waals surface area (Å²) in [5, 5.41) is 17.9. The van der Waals surface area contributed by atoms with Crippen molar-refractivity contribution in [2.24, 2.45) is 0 Å². The van der Waals surface area contributed by atoms with Crippen LogP contribution in [0.2, 0.25) is 0 Å². The van der Waals surface area contributed by atoms with Crippen molar-refractivity contribution in [3.05, 3.63) is 48.0 Å². The summed E-state index contributed by atoms with van der Waals surface area (Å²) in [6.07, 6.45) is 0.943. The van der Waals surface area contributed by atoms with E-state index in [0.29, 0.717) is 6.61 Å². The van der Waals surface area contributed by atoms with Crippen LogP contribution in [0, 0.1) is 0 Å². The van der Waals surface area contributed by atoms with E-state index in [-0.39, 0.29) is 0 Å². The molecule has 17 heavy (non-hydrogen) atoms. The Kier molecular flexibility index (Phi) is 5.39. The van der Waals surface area contributed by atoms with Crippen molar-refractivity contribution in [3.63, 3.8) is 0 Å². The molecule has 2 atom stereocenters. The monoisotopic (exact) mass is 236 g/mol. The fourth-order valence-electron chi connectivity index (χ4n) is 1.30. The Morgan fingerprint density at radius 1 is 1.41 bits per heavy atom. The molecule has 0 amide bonds. The van der Waals surface area contributed by atoms with Crippen LogP contribution >= 0.6 is 0 Å². The number of aliphatic hydroxyl groups excluding tert-OH is 1. The minimum Gasteiger partial charge on any atom is -0.478 e. The number of carboxylic acids is 1. The zero-order chi connectivity index (χ0) is 12.7. The van der Waals surface area contributed by atoms with Crippen LogP contribution in [-0.4, -0.2) is 28.4 Å². The molecule has 0 fully saturated rings. The highest BCUT2D eigenvalue weighted by Crippen LogP contribution is 2.07. The largest absolute Gasteiger partial charge is 0.478 e. The molecule has 0 spiro atoms. The highest BCUT2D eigenvalue weighted by Gasteiger charge is 2.12. The Morgan fingerprint density at radius 3 is 2.59 bits per heavy atom. The smallest absolute Gasteiger partial charge is 0.328 e. The Balaban J connectivity index is 2.53. The number of rotatable bonds is 6. The Morgan fingerprint density at radius 2 is 2.06 bits per heavy atom. The summed E-state index contributed by atoms with van der Waals surface area (Å²) in [5.74, 6) is -1.06. The second kappa shape index (κ2) is 6.83. The number of hydrogen-bond donors (Lipinski definition) is 2. The Bertz CT molecular complexity index is 370. The third kappa shape index (κ3) is 5.29. The second-order valence-corrected chi connectivity index (χ2v) is 3.70. The lowest BCUT2D eigenvalue weighted by Gasteiger charge is -2.16. The SMILES string of the molecule is C[C@H](O)[C@@H](/C=C/C(=O)O)OCc1ccccc1. The van der Waals surface area contributed by atoms with E-state index in [1.807, 2.05) is 30.3 Å². The van der Waals surface area contributed by atoms with Crippen molar-refractivity contribution < 1.29 is 19.7 Å². The topological polar surface area (TPSA) is 66.8 Å². The van der Waals surface area contributed by atoms with Crippen molar-refractivity contribution in [1.82, 2.24) is 0 Å². The molecule has 0 heterocycles. The second-order valence-electron chi connectivity index (χ2n) is 3.70. The number of carboxylic acid groups (broad SMARTS) is 1. The number of benzene rings is 1. The number of ether oxygens (including phenoxy) is 1. The van der Waals surface area contributed by atoms with E-state index in [0.717, 1.165) is 11.6 Å². The molecule has 0 bridgehead atoms. The summed E-state index contributed by atoms with van der Waals surface area (Å²) in [6.45, 7) is 1.89. The molecule has 0 aliphatic rings. The van der Waals surface area contributed by atoms with Crippen molar-refractivity contribution in [2.45, 2.75) is 25.7 Å². The average Bonchev–Trinajstić information content (AvgIpc) is 2.29. The predicted octanol–water partition coefficient (Wildman–Crippen LogP) is 1.59. The van der Waals surface area contributed by atoms with Gasteiger partial charge in [0.15, 0.2) is 0 Å². The fourth-order valence-corrected chi connectivity index (χ4v) is 1.30. The molecule has 0 aliphatic carbocycles. The molecule has 92 valence electrons. The Hall–Kier alpha value is -1.65. The summed E-state index contributed by atoms with van der Waals surface area (Å²) in [6, 6.07) is 9.49. The molecule has 0 radical (unpaired) electrons. The highest BCUT2D eigenvalue weighted by atomic mass is 16.5. The quantitative estimate of drug-likeness (QED) is 0.736. The summed E-state index contributed by atoms with van der Waals surface area (Å²) in [5.41, 5.74) is 0.974. The first-order chi connectivity index (χ1) is 8.09. The third-order valence-electron chi connectivity index (χ3n) is 2.19. The first kappa shape index (κ1) is 13.4. The van der Waals surface area contributed by atoms with E-state index in [1.54, 1.807) is 6.92 Å².